The van der Waals surface area contributed by atoms with E-state index in [2.05, 4.69) is 20.1 Å². The van der Waals surface area contributed by atoms with E-state index in [9.17, 15) is 42.6 Å². The van der Waals surface area contributed by atoms with Crippen LogP contribution in [0.15, 0.2) is 99.8 Å². The van der Waals surface area contributed by atoms with E-state index in [1.807, 2.05) is 12.1 Å². The maximum absolute atomic E-state index is 14.7. The molecule has 4 aromatic carbocycles. The highest BCUT2D eigenvalue weighted by Gasteiger charge is 2.30. The Balaban J connectivity index is 0.894. The molecular formula is C56H71F3N4O16S2. The highest BCUT2D eigenvalue weighted by atomic mass is 32.2. The van der Waals surface area contributed by atoms with E-state index in [1.54, 1.807) is 69.3 Å². The van der Waals surface area contributed by atoms with Gasteiger partial charge in [-0.15, -0.1) is 0 Å². The molecule has 2 unspecified atom stereocenters. The molecule has 444 valence electrons. The fraction of sp³-hybridized carbons (Fsp3) is 0.429. The summed E-state index contributed by atoms with van der Waals surface area (Å²) in [4.78, 5) is 49.9. The molecule has 0 fully saturated rings. The lowest BCUT2D eigenvalue weighted by atomic mass is 10.1. The Morgan fingerprint density at radius 2 is 0.864 bits per heavy atom. The fourth-order valence-corrected chi connectivity index (χ4v) is 7.77. The molecule has 2 amide bonds. The van der Waals surface area contributed by atoms with E-state index in [4.69, 9.17) is 47.4 Å². The number of aliphatic hydroxyl groups excluding tert-OH is 2. The van der Waals surface area contributed by atoms with Crippen molar-refractivity contribution < 1.29 is 89.9 Å². The number of hydrogen-bond acceptors (Lipinski definition) is 20. The minimum absolute atomic E-state index is 0.0171. The topological polar surface area (TPSA) is 249 Å². The van der Waals surface area contributed by atoms with Gasteiger partial charge < -0.3 is 68.2 Å². The van der Waals surface area contributed by atoms with Gasteiger partial charge in [0.05, 0.1) is 92.5 Å². The van der Waals surface area contributed by atoms with Crippen LogP contribution in [0, 0.1) is 17.5 Å². The zero-order valence-electron chi connectivity index (χ0n) is 45.6. The number of rotatable bonds is 41. The van der Waals surface area contributed by atoms with Crippen LogP contribution in [0.2, 0.25) is 0 Å². The maximum atomic E-state index is 14.7. The molecule has 0 aromatic heterocycles. The molecule has 0 saturated heterocycles. The third kappa shape index (κ3) is 27.0. The number of hydrogen-bond donors (Lipinski definition) is 6. The van der Waals surface area contributed by atoms with Crippen molar-refractivity contribution in [1.29, 1.82) is 0 Å². The van der Waals surface area contributed by atoms with Crippen molar-refractivity contribution in [3.05, 3.63) is 119 Å². The Morgan fingerprint density at radius 3 is 1.27 bits per heavy atom. The number of carbonyl (C=O) groups excluding carboxylic acids is 4. The first-order valence-electron chi connectivity index (χ1n) is 25.9. The van der Waals surface area contributed by atoms with Crippen molar-refractivity contribution in [2.75, 3.05) is 119 Å². The molecular weight excluding hydrogens is 1110 g/mol. The molecule has 20 nitrogen and oxygen atoms in total. The molecule has 0 spiro atoms. The van der Waals surface area contributed by atoms with Crippen LogP contribution in [0.3, 0.4) is 0 Å². The zero-order chi connectivity index (χ0) is 58.6. The summed E-state index contributed by atoms with van der Waals surface area (Å²) in [6, 6.07) is 20.3. The van der Waals surface area contributed by atoms with Gasteiger partial charge in [0.2, 0.25) is 0 Å². The van der Waals surface area contributed by atoms with Crippen molar-refractivity contribution in [2.24, 2.45) is 0 Å². The standard InChI is InChI=1S/C56H71F3N4O16S2/c1-5-76-55(68)38(3)33-40-7-16-49(46(57)35-40)78-42-8-12-44(13-9-42)80-62-19-23-72-27-31-74-29-25-70-21-17-60-53(66)50(64)51(65)54(67)61-18-22-71-26-30-75-32-28-73-24-20-63-81-45-14-10-43(11-15-45)79-52-47(58)36-41(37-48(52)59)34-39(4)56(69)77-6-2/h7-16,33-37,50-51,62-65H,5-6,17-32H2,1-4H3,(H,60,66)(H,61,67)/b38-33+,39-34+. The van der Waals surface area contributed by atoms with E-state index < -0.39 is 59.2 Å². The number of ether oxygens (including phenoxy) is 10. The second-order valence-electron chi connectivity index (χ2n) is 16.9. The Hall–Kier alpha value is -6.07. The van der Waals surface area contributed by atoms with Gasteiger partial charge in [0.15, 0.2) is 41.2 Å². The molecule has 0 heterocycles. The van der Waals surface area contributed by atoms with E-state index in [-0.39, 0.29) is 88.6 Å². The van der Waals surface area contributed by atoms with Gasteiger partial charge in [0.25, 0.3) is 11.8 Å². The molecule has 0 aliphatic carbocycles. The molecule has 2 atom stereocenters. The van der Waals surface area contributed by atoms with Crippen LogP contribution in [0.4, 0.5) is 13.2 Å². The lowest BCUT2D eigenvalue weighted by Crippen LogP contribution is -2.50. The molecule has 6 N–H and O–H groups in total. The number of amides is 2. The molecule has 0 aliphatic heterocycles. The van der Waals surface area contributed by atoms with Crippen LogP contribution < -0.4 is 29.6 Å². The average Bonchev–Trinajstić information content (AvgIpc) is 3.46. The number of nitrogens with one attached hydrogen (secondary N) is 4. The van der Waals surface area contributed by atoms with E-state index in [1.165, 1.54) is 49.0 Å². The molecule has 0 aliphatic rings. The summed E-state index contributed by atoms with van der Waals surface area (Å²) >= 11 is 2.74. The Bertz CT molecular complexity index is 2580. The van der Waals surface area contributed by atoms with Gasteiger partial charge in [-0.2, -0.15) is 0 Å². The van der Waals surface area contributed by atoms with Crippen molar-refractivity contribution >= 4 is 59.8 Å². The lowest BCUT2D eigenvalue weighted by Gasteiger charge is -2.17. The quantitative estimate of drug-likeness (QED) is 0.0119. The molecule has 4 aromatic rings. The third-order valence-electron chi connectivity index (χ3n) is 10.5. The third-order valence-corrected chi connectivity index (χ3v) is 12.2. The van der Waals surface area contributed by atoms with Crippen LogP contribution >= 0.6 is 23.9 Å². The Morgan fingerprint density at radius 1 is 0.494 bits per heavy atom. The first-order chi connectivity index (χ1) is 39.2. The van der Waals surface area contributed by atoms with Crippen LogP contribution in [0.25, 0.3) is 12.2 Å². The van der Waals surface area contributed by atoms with Gasteiger partial charge in [-0.05, 0) is 148 Å². The van der Waals surface area contributed by atoms with Crippen molar-refractivity contribution in [3.63, 3.8) is 0 Å². The summed E-state index contributed by atoms with van der Waals surface area (Å²) < 4.78 is 104. The highest BCUT2D eigenvalue weighted by Crippen LogP contribution is 2.31. The summed E-state index contributed by atoms with van der Waals surface area (Å²) in [5.41, 5.74) is 1.23. The average molecular weight is 1180 g/mol. The van der Waals surface area contributed by atoms with Crippen LogP contribution in [0.1, 0.15) is 38.8 Å². The first-order valence-corrected chi connectivity index (χ1v) is 27.5. The Labute approximate surface area is 477 Å². The molecule has 4 rings (SSSR count). The zero-order valence-corrected chi connectivity index (χ0v) is 47.2. The van der Waals surface area contributed by atoms with Crippen molar-refractivity contribution in [1.82, 2.24) is 20.1 Å². The number of aliphatic hydroxyl groups is 2. The summed E-state index contributed by atoms with van der Waals surface area (Å²) in [6.45, 7) is 11.4. The SMILES string of the molecule is CCOC(=O)/C(C)=C/c1ccc(Oc2ccc(SNCCOCCOCCOCCNC(=O)C(O)C(O)C(=O)NCCOCCOCCOCCNSc3ccc(Oc4c(F)cc(/C=C(\C)C(=O)OCC)cc4F)cc3)cc2)c(F)c1. The number of benzene rings is 4. The smallest absolute Gasteiger partial charge is 0.333 e. The minimum atomic E-state index is -2.00. The second-order valence-corrected chi connectivity index (χ2v) is 18.8. The monoisotopic (exact) mass is 1180 g/mol. The molecule has 0 saturated carbocycles. The Kier molecular flexibility index (Phi) is 32.8. The molecule has 81 heavy (non-hydrogen) atoms. The molecule has 0 bridgehead atoms. The van der Waals surface area contributed by atoms with Crippen molar-refractivity contribution in [2.45, 2.75) is 49.7 Å². The lowest BCUT2D eigenvalue weighted by molar-refractivity contribution is -0.146. The normalized spacial score (nSPS) is 12.4. The summed E-state index contributed by atoms with van der Waals surface area (Å²) in [6.07, 6.45) is -1.12. The summed E-state index contributed by atoms with van der Waals surface area (Å²) in [5, 5.41) is 25.1. The van der Waals surface area contributed by atoms with Crippen molar-refractivity contribution in [3.8, 4) is 23.0 Å². The summed E-state index contributed by atoms with van der Waals surface area (Å²) in [5.74, 6) is -5.16. The number of halogens is 3. The second kappa shape index (κ2) is 39.4. The van der Waals surface area contributed by atoms with Crippen LogP contribution in [-0.4, -0.2) is 165 Å². The molecule has 25 heteroatoms. The van der Waals surface area contributed by atoms with Gasteiger partial charge in [0, 0.05) is 47.1 Å². The van der Waals surface area contributed by atoms with E-state index in [0.717, 1.165) is 21.9 Å². The summed E-state index contributed by atoms with van der Waals surface area (Å²) in [7, 11) is 0. The minimum Gasteiger partial charge on any atom is -0.463 e. The van der Waals surface area contributed by atoms with Gasteiger partial charge in [-0.3, -0.25) is 19.0 Å². The van der Waals surface area contributed by atoms with E-state index >= 15 is 0 Å². The van der Waals surface area contributed by atoms with E-state index in [0.29, 0.717) is 69.6 Å². The van der Waals surface area contributed by atoms with Gasteiger partial charge in [0.1, 0.15) is 11.5 Å². The first kappa shape index (κ1) is 67.4. The largest absolute Gasteiger partial charge is 0.463 e. The molecule has 0 radical (unpaired) electrons. The van der Waals surface area contributed by atoms with Gasteiger partial charge >= 0.3 is 11.9 Å². The van der Waals surface area contributed by atoms with Crippen LogP contribution in [-0.2, 0) is 57.1 Å². The predicted octanol–water partition coefficient (Wildman–Crippen LogP) is 6.57. The predicted molar refractivity (Wildman–Crippen MR) is 297 cm³/mol. The van der Waals surface area contributed by atoms with Gasteiger partial charge in [-0.25, -0.2) is 22.8 Å². The maximum Gasteiger partial charge on any atom is 0.333 e. The van der Waals surface area contributed by atoms with Crippen LogP contribution in [0.5, 0.6) is 23.0 Å². The highest BCUT2D eigenvalue weighted by molar-refractivity contribution is 7.97. The fourth-order valence-electron chi connectivity index (χ4n) is 6.52. The number of carbonyl (C=O) groups is 4. The number of esters is 2. The van der Waals surface area contributed by atoms with Gasteiger partial charge in [-0.1, -0.05) is 6.07 Å².